The highest BCUT2D eigenvalue weighted by molar-refractivity contribution is 6.07. The standard InChI is InChI=1S/C53H57N13O5/c1-5-39-41(19-23-55-49(39)65-31-30-64(53(65)70)38-8-7-22-54-33-38)40-16-15-37(66-51(71-4)58-60(3)52(66)69)32-44(40)34-11-13-35(14-12-34)61-24-20-36(21-25-61)62-26-28-63(29-27-62)45-10-6-9-42-47(57-59(2)48(42)45)43-17-18-46(67)56-50(43)68/h6-16,19,22-23,32-33,36,43H,5,17-18,20-21,24-31H2,1-4H3,(H,56,67,68). The molecule has 0 aliphatic carbocycles. The van der Waals surface area contributed by atoms with E-state index in [4.69, 9.17) is 14.8 Å². The molecule has 1 unspecified atom stereocenters. The average molecular weight is 956 g/mol. The van der Waals surface area contributed by atoms with Crippen LogP contribution in [0.3, 0.4) is 0 Å². The second kappa shape index (κ2) is 18.8. The zero-order valence-corrected chi connectivity index (χ0v) is 40.5. The lowest BCUT2D eigenvalue weighted by Crippen LogP contribution is -2.53. The Labute approximate surface area is 411 Å². The van der Waals surface area contributed by atoms with Crippen LogP contribution < -0.4 is 35.3 Å². The first-order valence-corrected chi connectivity index (χ1v) is 24.6. The maximum atomic E-state index is 13.9. The molecule has 4 amide bonds. The topological polar surface area (TPSA) is 172 Å². The second-order valence-corrected chi connectivity index (χ2v) is 18.7. The number of methoxy groups -OCH3 is 1. The number of fused-ring (bicyclic) bond motifs is 1. The van der Waals surface area contributed by atoms with Gasteiger partial charge in [0.1, 0.15) is 5.82 Å². The molecule has 4 fully saturated rings. The molecule has 71 heavy (non-hydrogen) atoms. The van der Waals surface area contributed by atoms with Crippen LogP contribution in [0.25, 0.3) is 38.8 Å². The quantitative estimate of drug-likeness (QED) is 0.152. The lowest BCUT2D eigenvalue weighted by atomic mass is 9.90. The van der Waals surface area contributed by atoms with Crippen LogP contribution in [0.5, 0.6) is 6.01 Å². The van der Waals surface area contributed by atoms with Crippen molar-refractivity contribution in [1.82, 2.24) is 44.3 Å². The predicted octanol–water partition coefficient (Wildman–Crippen LogP) is 5.91. The Morgan fingerprint density at radius 1 is 0.704 bits per heavy atom. The van der Waals surface area contributed by atoms with E-state index < -0.39 is 5.92 Å². The number of imide groups is 1. The van der Waals surface area contributed by atoms with Gasteiger partial charge in [0.2, 0.25) is 11.8 Å². The Morgan fingerprint density at radius 2 is 1.48 bits per heavy atom. The predicted molar refractivity (Wildman–Crippen MR) is 273 cm³/mol. The molecule has 11 rings (SSSR count). The molecule has 0 spiro atoms. The first-order valence-electron chi connectivity index (χ1n) is 24.6. The Hall–Kier alpha value is -7.86. The van der Waals surface area contributed by atoms with Crippen LogP contribution in [0.15, 0.2) is 102 Å². The molecule has 4 aliphatic heterocycles. The van der Waals surface area contributed by atoms with E-state index in [-0.39, 0.29) is 29.5 Å². The summed E-state index contributed by atoms with van der Waals surface area (Å²) in [6.07, 6.45) is 8.72. The van der Waals surface area contributed by atoms with Crippen molar-refractivity contribution in [2.75, 3.05) is 79.1 Å². The van der Waals surface area contributed by atoms with Crippen molar-refractivity contribution in [3.05, 3.63) is 119 Å². The number of carbonyl (C=O) groups excluding carboxylic acids is 3. The van der Waals surface area contributed by atoms with Crippen molar-refractivity contribution < 1.29 is 19.1 Å². The van der Waals surface area contributed by atoms with E-state index in [1.54, 1.807) is 35.4 Å². The molecule has 1 atom stereocenters. The number of aromatic nitrogens is 7. The summed E-state index contributed by atoms with van der Waals surface area (Å²) in [7, 11) is 5.05. The van der Waals surface area contributed by atoms with Gasteiger partial charge in [-0.1, -0.05) is 37.3 Å². The Kier molecular flexibility index (Phi) is 12.1. The van der Waals surface area contributed by atoms with Gasteiger partial charge in [-0.2, -0.15) is 5.10 Å². The van der Waals surface area contributed by atoms with Crippen molar-refractivity contribution in [3.8, 4) is 34.0 Å². The monoisotopic (exact) mass is 955 g/mol. The fraction of sp³-hybridized carbons (Fsp3) is 0.358. The van der Waals surface area contributed by atoms with E-state index in [1.807, 2.05) is 54.2 Å². The fourth-order valence-corrected chi connectivity index (χ4v) is 11.2. The summed E-state index contributed by atoms with van der Waals surface area (Å²) in [4.78, 5) is 72.1. The third-order valence-electron chi connectivity index (χ3n) is 14.9. The van der Waals surface area contributed by atoms with Crippen molar-refractivity contribution >= 4 is 51.6 Å². The zero-order valence-electron chi connectivity index (χ0n) is 40.5. The highest BCUT2D eigenvalue weighted by atomic mass is 16.5. The summed E-state index contributed by atoms with van der Waals surface area (Å²) in [5.74, 6) is -0.293. The number of pyridine rings is 2. The third-order valence-corrected chi connectivity index (χ3v) is 14.9. The van der Waals surface area contributed by atoms with E-state index in [1.165, 1.54) is 16.4 Å². The molecule has 18 nitrogen and oxygen atoms in total. The second-order valence-electron chi connectivity index (χ2n) is 18.7. The number of carbonyl (C=O) groups is 3. The minimum Gasteiger partial charge on any atom is -0.467 e. The number of amides is 4. The van der Waals surface area contributed by atoms with Gasteiger partial charge in [0.05, 0.1) is 47.5 Å². The van der Waals surface area contributed by atoms with Crippen molar-refractivity contribution in [2.45, 2.75) is 51.0 Å². The number of urea groups is 1. The third kappa shape index (κ3) is 8.24. The minimum atomic E-state index is -0.434. The van der Waals surface area contributed by atoms with Gasteiger partial charge in [-0.25, -0.2) is 23.8 Å². The largest absolute Gasteiger partial charge is 0.467 e. The summed E-state index contributed by atoms with van der Waals surface area (Å²) in [5, 5.41) is 12.6. The van der Waals surface area contributed by atoms with Crippen LogP contribution in [0.4, 0.5) is 27.7 Å². The Bertz CT molecular complexity index is 3220. The number of ether oxygens (including phenoxy) is 1. The van der Waals surface area contributed by atoms with Gasteiger partial charge in [-0.3, -0.25) is 39.3 Å². The number of hydrogen-bond acceptors (Lipinski definition) is 12. The maximum absolute atomic E-state index is 13.9. The van der Waals surface area contributed by atoms with Crippen molar-refractivity contribution in [3.63, 3.8) is 0 Å². The molecule has 3 aromatic carbocycles. The highest BCUT2D eigenvalue weighted by Crippen LogP contribution is 2.41. The SMILES string of the molecule is CCc1c(-c2ccc(-n3c(OC)nn(C)c3=O)cc2-c2ccc(N3CCC(N4CCN(c5cccc6c(C7CCC(=O)NC7=O)nn(C)c56)CC4)CC3)cc2)ccnc1N1CCN(c2cccnc2)C1=O. The summed E-state index contributed by atoms with van der Waals surface area (Å²) in [5.41, 5.74) is 9.84. The molecule has 4 saturated heterocycles. The van der Waals surface area contributed by atoms with Gasteiger partial charge in [0.25, 0.3) is 0 Å². The molecule has 4 aliphatic rings. The van der Waals surface area contributed by atoms with Gasteiger partial charge < -0.3 is 14.5 Å². The van der Waals surface area contributed by atoms with Gasteiger partial charge in [-0.05, 0) is 96.5 Å². The first-order chi connectivity index (χ1) is 34.6. The van der Waals surface area contributed by atoms with Gasteiger partial charge in [-0.15, -0.1) is 5.10 Å². The summed E-state index contributed by atoms with van der Waals surface area (Å²) >= 11 is 0. The summed E-state index contributed by atoms with van der Waals surface area (Å²) in [6, 6.07) is 27.2. The van der Waals surface area contributed by atoms with Crippen LogP contribution in [-0.4, -0.2) is 122 Å². The summed E-state index contributed by atoms with van der Waals surface area (Å²) in [6.45, 7) is 8.70. The van der Waals surface area contributed by atoms with Crippen LogP contribution in [-0.2, 0) is 30.1 Å². The molecular formula is C53H57N13O5. The van der Waals surface area contributed by atoms with E-state index >= 15 is 0 Å². The molecule has 0 bridgehead atoms. The van der Waals surface area contributed by atoms with E-state index in [2.05, 4.69) is 73.4 Å². The molecule has 364 valence electrons. The molecular weight excluding hydrogens is 899 g/mol. The van der Waals surface area contributed by atoms with E-state index in [9.17, 15) is 19.2 Å². The number of nitrogens with zero attached hydrogens (tertiary/aromatic N) is 12. The maximum Gasteiger partial charge on any atom is 0.353 e. The van der Waals surface area contributed by atoms with Gasteiger partial charge in [0.15, 0.2) is 0 Å². The fourth-order valence-electron chi connectivity index (χ4n) is 11.2. The number of aryl methyl sites for hydroxylation is 2. The number of hydrogen-bond donors (Lipinski definition) is 1. The molecule has 18 heteroatoms. The Morgan fingerprint density at radius 3 is 2.21 bits per heavy atom. The molecule has 7 aromatic rings. The highest BCUT2D eigenvalue weighted by Gasteiger charge is 2.35. The lowest BCUT2D eigenvalue weighted by molar-refractivity contribution is -0.134. The molecule has 8 heterocycles. The molecule has 0 radical (unpaired) electrons. The number of piperidine rings is 2. The smallest absolute Gasteiger partial charge is 0.353 e. The number of para-hydroxylation sites is 1. The summed E-state index contributed by atoms with van der Waals surface area (Å²) < 4.78 is 10.2. The van der Waals surface area contributed by atoms with E-state index in [0.29, 0.717) is 49.9 Å². The molecule has 1 N–H and O–H groups in total. The number of rotatable bonds is 11. The van der Waals surface area contributed by atoms with Gasteiger partial charge in [0, 0.05) is 108 Å². The lowest BCUT2D eigenvalue weighted by Gasteiger charge is -2.44. The normalized spacial score (nSPS) is 18.3. The van der Waals surface area contributed by atoms with Crippen molar-refractivity contribution in [1.29, 1.82) is 0 Å². The number of benzene rings is 3. The van der Waals surface area contributed by atoms with Gasteiger partial charge >= 0.3 is 17.7 Å². The number of piperazine rings is 1. The molecule has 4 aromatic heterocycles. The molecule has 0 saturated carbocycles. The minimum absolute atomic E-state index is 0.141. The van der Waals surface area contributed by atoms with Crippen LogP contribution in [0.1, 0.15) is 49.8 Å². The number of anilines is 4. The van der Waals surface area contributed by atoms with E-state index in [0.717, 1.165) is 114 Å². The van der Waals surface area contributed by atoms with Crippen LogP contribution in [0.2, 0.25) is 0 Å². The zero-order chi connectivity index (χ0) is 48.9. The first kappa shape index (κ1) is 45.6. The Balaban J connectivity index is 0.811. The average Bonchev–Trinajstić information content (AvgIpc) is 4.06. The number of nitrogens with one attached hydrogen (secondary N) is 1. The van der Waals surface area contributed by atoms with Crippen molar-refractivity contribution in [2.24, 2.45) is 14.1 Å². The van der Waals surface area contributed by atoms with Crippen LogP contribution in [0, 0.1) is 0 Å². The van der Waals surface area contributed by atoms with Crippen LogP contribution >= 0.6 is 0 Å².